The number of hydrogen-bond donors (Lipinski definition) is 4. The largest absolute Gasteiger partial charge is 0.481 e. The minimum atomic E-state index is -0.973. The summed E-state index contributed by atoms with van der Waals surface area (Å²) in [6.45, 7) is 1.48. The Balaban J connectivity index is 1.60. The van der Waals surface area contributed by atoms with E-state index in [0.717, 1.165) is 43.3 Å². The number of aliphatic carboxylic acids is 2. The van der Waals surface area contributed by atoms with E-state index in [1.807, 2.05) is 11.0 Å². The van der Waals surface area contributed by atoms with Gasteiger partial charge in [0.2, 0.25) is 5.91 Å². The van der Waals surface area contributed by atoms with Crippen LogP contribution in [-0.4, -0.2) is 51.0 Å². The lowest BCUT2D eigenvalue weighted by Gasteiger charge is -2.31. The van der Waals surface area contributed by atoms with Crippen molar-refractivity contribution in [1.29, 1.82) is 0 Å². The number of aromatic nitrogens is 1. The quantitative estimate of drug-likeness (QED) is 0.526. The lowest BCUT2D eigenvalue weighted by atomic mass is 9.82. The summed E-state index contributed by atoms with van der Waals surface area (Å²) < 4.78 is 0. The van der Waals surface area contributed by atoms with Gasteiger partial charge in [-0.1, -0.05) is 18.6 Å². The SMILES string of the molecule is O=C(O)[C@H]1CC=CC[C@H]1C(=O)Nc1ccc2[nH]cc([C@@H](C(=O)O)N3CCCCC3)c2c1. The summed E-state index contributed by atoms with van der Waals surface area (Å²) in [6, 6.07) is 4.57. The molecule has 1 amide bonds. The molecule has 1 fully saturated rings. The number of carboxylic acids is 2. The van der Waals surface area contributed by atoms with Crippen molar-refractivity contribution in [3.63, 3.8) is 0 Å². The molecule has 0 spiro atoms. The van der Waals surface area contributed by atoms with Gasteiger partial charge in [0.15, 0.2) is 0 Å². The van der Waals surface area contributed by atoms with Crippen molar-refractivity contribution >= 4 is 34.4 Å². The van der Waals surface area contributed by atoms with Gasteiger partial charge < -0.3 is 20.5 Å². The Morgan fingerprint density at radius 1 is 1.03 bits per heavy atom. The number of carboxylic acid groups (broad SMARTS) is 2. The fraction of sp³-hybridized carbons (Fsp3) is 0.435. The predicted octanol–water partition coefficient (Wildman–Crippen LogP) is 3.39. The number of carbonyl (C=O) groups excluding carboxylic acids is 1. The summed E-state index contributed by atoms with van der Waals surface area (Å²) in [5.41, 5.74) is 1.99. The molecular formula is C23H27N3O5. The van der Waals surface area contributed by atoms with Crippen LogP contribution in [0.2, 0.25) is 0 Å². The number of rotatable bonds is 6. The molecule has 0 radical (unpaired) electrons. The fourth-order valence-electron chi connectivity index (χ4n) is 4.72. The molecule has 1 aliphatic carbocycles. The molecule has 3 atom stereocenters. The zero-order chi connectivity index (χ0) is 22.0. The normalized spacial score (nSPS) is 22.8. The highest BCUT2D eigenvalue weighted by Gasteiger charge is 2.34. The van der Waals surface area contributed by atoms with Crippen molar-refractivity contribution in [3.8, 4) is 0 Å². The number of fused-ring (bicyclic) bond motifs is 1. The van der Waals surface area contributed by atoms with E-state index in [1.165, 1.54) is 0 Å². The molecular weight excluding hydrogens is 398 g/mol. The summed E-state index contributed by atoms with van der Waals surface area (Å²) in [5, 5.41) is 23.0. The van der Waals surface area contributed by atoms with Crippen LogP contribution >= 0.6 is 0 Å². The maximum absolute atomic E-state index is 12.8. The number of piperidine rings is 1. The Morgan fingerprint density at radius 3 is 2.42 bits per heavy atom. The van der Waals surface area contributed by atoms with E-state index < -0.39 is 29.8 Å². The number of likely N-dealkylation sites (tertiary alicyclic amines) is 1. The Hall–Kier alpha value is -3.13. The van der Waals surface area contributed by atoms with E-state index in [1.54, 1.807) is 30.5 Å². The molecule has 0 unspecified atom stereocenters. The topological polar surface area (TPSA) is 123 Å². The van der Waals surface area contributed by atoms with Crippen LogP contribution in [0.5, 0.6) is 0 Å². The van der Waals surface area contributed by atoms with Crippen LogP contribution in [0.3, 0.4) is 0 Å². The predicted molar refractivity (Wildman–Crippen MR) is 116 cm³/mol. The van der Waals surface area contributed by atoms with Gasteiger partial charge in [0.1, 0.15) is 6.04 Å². The highest BCUT2D eigenvalue weighted by molar-refractivity contribution is 5.98. The van der Waals surface area contributed by atoms with Crippen LogP contribution in [-0.2, 0) is 14.4 Å². The number of nitrogens with one attached hydrogen (secondary N) is 2. The van der Waals surface area contributed by atoms with Crippen molar-refractivity contribution in [1.82, 2.24) is 9.88 Å². The molecule has 1 aliphatic heterocycles. The Morgan fingerprint density at radius 2 is 1.74 bits per heavy atom. The lowest BCUT2D eigenvalue weighted by Crippen LogP contribution is -2.37. The van der Waals surface area contributed by atoms with Gasteiger partial charge in [0.25, 0.3) is 0 Å². The Bertz CT molecular complexity index is 1020. The Kier molecular flexibility index (Phi) is 6.08. The number of amides is 1. The molecule has 8 nitrogen and oxygen atoms in total. The summed E-state index contributed by atoms with van der Waals surface area (Å²) in [5.74, 6) is -3.58. The molecule has 4 rings (SSSR count). The number of H-pyrrole nitrogens is 1. The highest BCUT2D eigenvalue weighted by atomic mass is 16.4. The second-order valence-corrected chi connectivity index (χ2v) is 8.33. The minimum absolute atomic E-state index is 0.334. The van der Waals surface area contributed by atoms with Crippen LogP contribution in [0.25, 0.3) is 10.9 Å². The number of benzene rings is 1. The van der Waals surface area contributed by atoms with Gasteiger partial charge in [0, 0.05) is 28.4 Å². The third kappa shape index (κ3) is 4.34. The molecule has 2 aromatic rings. The lowest BCUT2D eigenvalue weighted by molar-refractivity contribution is -0.146. The maximum atomic E-state index is 12.8. The van der Waals surface area contributed by atoms with Gasteiger partial charge >= 0.3 is 11.9 Å². The first kappa shape index (κ1) is 21.1. The van der Waals surface area contributed by atoms with E-state index in [0.29, 0.717) is 24.1 Å². The third-order valence-electron chi connectivity index (χ3n) is 6.35. The first-order chi connectivity index (χ1) is 15.0. The molecule has 8 heteroatoms. The van der Waals surface area contributed by atoms with Crippen LogP contribution in [0.1, 0.15) is 43.7 Å². The second-order valence-electron chi connectivity index (χ2n) is 8.33. The van der Waals surface area contributed by atoms with E-state index >= 15 is 0 Å². The summed E-state index contributed by atoms with van der Waals surface area (Å²) in [4.78, 5) is 41.6. The molecule has 0 saturated carbocycles. The summed E-state index contributed by atoms with van der Waals surface area (Å²) in [6.07, 6.45) is 9.17. The van der Waals surface area contributed by atoms with Crippen molar-refractivity contribution in [2.75, 3.05) is 18.4 Å². The first-order valence-corrected chi connectivity index (χ1v) is 10.7. The van der Waals surface area contributed by atoms with Crippen molar-refractivity contribution in [2.24, 2.45) is 11.8 Å². The molecule has 1 aromatic heterocycles. The van der Waals surface area contributed by atoms with Gasteiger partial charge in [-0.15, -0.1) is 0 Å². The number of allylic oxidation sites excluding steroid dienone is 2. The van der Waals surface area contributed by atoms with Gasteiger partial charge in [-0.25, -0.2) is 0 Å². The number of carbonyl (C=O) groups is 3. The van der Waals surface area contributed by atoms with Crippen LogP contribution in [0.4, 0.5) is 5.69 Å². The molecule has 1 aromatic carbocycles. The smallest absolute Gasteiger partial charge is 0.325 e. The van der Waals surface area contributed by atoms with Crippen molar-refractivity contribution in [3.05, 3.63) is 42.1 Å². The molecule has 1 saturated heterocycles. The third-order valence-corrected chi connectivity index (χ3v) is 6.35. The molecule has 2 heterocycles. The monoisotopic (exact) mass is 425 g/mol. The van der Waals surface area contributed by atoms with E-state index in [9.17, 15) is 24.6 Å². The van der Waals surface area contributed by atoms with E-state index in [-0.39, 0.29) is 5.91 Å². The molecule has 164 valence electrons. The molecule has 2 aliphatic rings. The number of hydrogen-bond acceptors (Lipinski definition) is 4. The van der Waals surface area contributed by atoms with Gasteiger partial charge in [-0.3, -0.25) is 19.3 Å². The molecule has 4 N–H and O–H groups in total. The van der Waals surface area contributed by atoms with Crippen LogP contribution < -0.4 is 5.32 Å². The zero-order valence-corrected chi connectivity index (χ0v) is 17.2. The van der Waals surface area contributed by atoms with E-state index in [2.05, 4.69) is 10.3 Å². The van der Waals surface area contributed by atoms with Crippen LogP contribution in [0.15, 0.2) is 36.5 Å². The summed E-state index contributed by atoms with van der Waals surface area (Å²) in [7, 11) is 0. The van der Waals surface area contributed by atoms with Gasteiger partial charge in [0.05, 0.1) is 11.8 Å². The van der Waals surface area contributed by atoms with Gasteiger partial charge in [-0.2, -0.15) is 0 Å². The molecule has 0 bridgehead atoms. The second kappa shape index (κ2) is 8.93. The fourth-order valence-corrected chi connectivity index (χ4v) is 4.72. The maximum Gasteiger partial charge on any atom is 0.325 e. The standard InChI is InChI=1S/C23H27N3O5/c27-21(15-6-2-3-7-16(15)22(28)29)25-14-8-9-19-17(12-14)18(13-24-19)20(23(30)31)26-10-4-1-5-11-26/h2-3,8-9,12-13,15-16,20,24H,1,4-7,10-11H2,(H,25,27)(H,28,29)(H,30,31)/t15-,16+,20+/m1/s1. The van der Waals surface area contributed by atoms with Crippen LogP contribution in [0, 0.1) is 11.8 Å². The van der Waals surface area contributed by atoms with E-state index in [4.69, 9.17) is 0 Å². The minimum Gasteiger partial charge on any atom is -0.481 e. The Labute approximate surface area is 179 Å². The summed E-state index contributed by atoms with van der Waals surface area (Å²) >= 11 is 0. The number of aromatic amines is 1. The first-order valence-electron chi connectivity index (χ1n) is 10.7. The van der Waals surface area contributed by atoms with Crippen molar-refractivity contribution in [2.45, 2.75) is 38.1 Å². The number of nitrogens with zero attached hydrogens (tertiary/aromatic N) is 1. The van der Waals surface area contributed by atoms with Gasteiger partial charge in [-0.05, 0) is 57.0 Å². The average Bonchev–Trinajstić information content (AvgIpc) is 3.17. The van der Waals surface area contributed by atoms with Crippen molar-refractivity contribution < 1.29 is 24.6 Å². The molecule has 31 heavy (non-hydrogen) atoms. The number of anilines is 1. The average molecular weight is 425 g/mol. The zero-order valence-electron chi connectivity index (χ0n) is 17.2. The highest BCUT2D eigenvalue weighted by Crippen LogP contribution is 2.33.